The lowest BCUT2D eigenvalue weighted by atomic mass is 10.2. The van der Waals surface area contributed by atoms with Gasteiger partial charge in [0.05, 0.1) is 0 Å². The van der Waals surface area contributed by atoms with Crippen molar-refractivity contribution in [3.05, 3.63) is 60.0 Å². The van der Waals surface area contributed by atoms with Crippen molar-refractivity contribution in [1.82, 2.24) is 4.98 Å². The van der Waals surface area contributed by atoms with Gasteiger partial charge in [-0.1, -0.05) is 24.3 Å². The van der Waals surface area contributed by atoms with Gasteiger partial charge >= 0.3 is 0 Å². The molecule has 4 nitrogen and oxygen atoms in total. The van der Waals surface area contributed by atoms with E-state index in [9.17, 15) is 4.79 Å². The Hall–Kier alpha value is -2.62. The van der Waals surface area contributed by atoms with Crippen LogP contribution in [0.5, 0.6) is 0 Å². The monoisotopic (exact) mass is 280 g/mol. The smallest absolute Gasteiger partial charge is 0.224 e. The van der Waals surface area contributed by atoms with Crippen LogP contribution in [0.1, 0.15) is 17.9 Å². The molecule has 4 heteroatoms. The van der Waals surface area contributed by atoms with E-state index < -0.39 is 0 Å². The Morgan fingerprint density at radius 3 is 2.86 bits per heavy atom. The van der Waals surface area contributed by atoms with Gasteiger partial charge in [-0.3, -0.25) is 4.79 Å². The highest BCUT2D eigenvalue weighted by atomic mass is 16.3. The number of fused-ring (bicyclic) bond motifs is 1. The highest BCUT2D eigenvalue weighted by Crippen LogP contribution is 2.16. The Morgan fingerprint density at radius 1 is 1.19 bits per heavy atom. The highest BCUT2D eigenvalue weighted by molar-refractivity contribution is 5.90. The molecule has 106 valence electrons. The van der Waals surface area contributed by atoms with Crippen molar-refractivity contribution in [2.75, 3.05) is 5.32 Å². The number of benzene rings is 2. The summed E-state index contributed by atoms with van der Waals surface area (Å²) in [7, 11) is 0. The van der Waals surface area contributed by atoms with Crippen LogP contribution >= 0.6 is 0 Å². The number of oxazole rings is 1. The molecule has 1 amide bonds. The summed E-state index contributed by atoms with van der Waals surface area (Å²) in [6, 6.07) is 15.3. The zero-order valence-corrected chi connectivity index (χ0v) is 11.8. The number of hydrogen-bond donors (Lipinski definition) is 1. The van der Waals surface area contributed by atoms with E-state index in [1.165, 1.54) is 0 Å². The summed E-state index contributed by atoms with van der Waals surface area (Å²) in [5, 5.41) is 2.88. The third-order valence-corrected chi connectivity index (χ3v) is 3.21. The maximum atomic E-state index is 11.9. The van der Waals surface area contributed by atoms with E-state index in [0.29, 0.717) is 18.7 Å². The van der Waals surface area contributed by atoms with Crippen molar-refractivity contribution in [2.24, 2.45) is 0 Å². The van der Waals surface area contributed by atoms with E-state index in [1.54, 1.807) is 0 Å². The second-order valence-corrected chi connectivity index (χ2v) is 4.99. The normalized spacial score (nSPS) is 10.7. The van der Waals surface area contributed by atoms with Crippen LogP contribution in [0.4, 0.5) is 5.69 Å². The first-order valence-electron chi connectivity index (χ1n) is 6.92. The van der Waals surface area contributed by atoms with Gasteiger partial charge in [0.15, 0.2) is 11.5 Å². The first-order chi connectivity index (χ1) is 10.2. The van der Waals surface area contributed by atoms with Gasteiger partial charge in [-0.05, 0) is 36.8 Å². The third kappa shape index (κ3) is 3.28. The summed E-state index contributed by atoms with van der Waals surface area (Å²) in [6.45, 7) is 1.99. The molecule has 0 aliphatic carbocycles. The number of aryl methyl sites for hydroxylation is 2. The summed E-state index contributed by atoms with van der Waals surface area (Å²) >= 11 is 0. The minimum atomic E-state index is -0.0390. The molecule has 1 N–H and O–H groups in total. The number of carbonyl (C=O) groups excluding carboxylic acids is 1. The van der Waals surface area contributed by atoms with Crippen LogP contribution in [0.3, 0.4) is 0 Å². The molecule has 0 atom stereocenters. The summed E-state index contributed by atoms with van der Waals surface area (Å²) in [5.74, 6) is 0.554. The van der Waals surface area contributed by atoms with Crippen molar-refractivity contribution < 1.29 is 9.21 Å². The van der Waals surface area contributed by atoms with Crippen molar-refractivity contribution in [1.29, 1.82) is 0 Å². The van der Waals surface area contributed by atoms with E-state index >= 15 is 0 Å². The molecule has 0 radical (unpaired) electrons. The summed E-state index contributed by atoms with van der Waals surface area (Å²) in [5.41, 5.74) is 3.52. The van der Waals surface area contributed by atoms with Crippen LogP contribution in [-0.2, 0) is 11.2 Å². The van der Waals surface area contributed by atoms with Crippen LogP contribution in [0, 0.1) is 6.92 Å². The Kier molecular flexibility index (Phi) is 3.69. The third-order valence-electron chi connectivity index (χ3n) is 3.21. The van der Waals surface area contributed by atoms with Crippen LogP contribution in [0.2, 0.25) is 0 Å². The molecule has 0 saturated heterocycles. The van der Waals surface area contributed by atoms with E-state index in [0.717, 1.165) is 22.4 Å². The second-order valence-electron chi connectivity index (χ2n) is 4.99. The molecule has 0 aliphatic heterocycles. The van der Waals surface area contributed by atoms with Crippen LogP contribution in [0.15, 0.2) is 52.9 Å². The Labute approximate surface area is 122 Å². The van der Waals surface area contributed by atoms with E-state index in [-0.39, 0.29) is 5.91 Å². The summed E-state index contributed by atoms with van der Waals surface area (Å²) in [6.07, 6.45) is 0.840. The molecule has 2 aromatic carbocycles. The summed E-state index contributed by atoms with van der Waals surface area (Å²) in [4.78, 5) is 16.3. The van der Waals surface area contributed by atoms with Gasteiger partial charge in [-0.25, -0.2) is 4.98 Å². The van der Waals surface area contributed by atoms with E-state index in [1.807, 2.05) is 55.5 Å². The van der Waals surface area contributed by atoms with Gasteiger partial charge in [0, 0.05) is 18.5 Å². The molecule has 0 fully saturated rings. The molecule has 3 aromatic rings. The van der Waals surface area contributed by atoms with Crippen molar-refractivity contribution >= 4 is 22.7 Å². The molecule has 0 spiro atoms. The maximum absolute atomic E-state index is 11.9. The lowest BCUT2D eigenvalue weighted by molar-refractivity contribution is -0.116. The minimum absolute atomic E-state index is 0.0390. The first kappa shape index (κ1) is 13.4. The van der Waals surface area contributed by atoms with E-state index in [2.05, 4.69) is 10.3 Å². The molecule has 1 aromatic heterocycles. The minimum Gasteiger partial charge on any atom is -0.441 e. The van der Waals surface area contributed by atoms with Gasteiger partial charge in [0.25, 0.3) is 0 Å². The van der Waals surface area contributed by atoms with Gasteiger partial charge in [-0.15, -0.1) is 0 Å². The molecule has 0 unspecified atom stereocenters. The topological polar surface area (TPSA) is 55.1 Å². The number of carbonyl (C=O) groups is 1. The Bertz CT molecular complexity index is 744. The fourth-order valence-electron chi connectivity index (χ4n) is 2.19. The van der Waals surface area contributed by atoms with E-state index in [4.69, 9.17) is 4.42 Å². The number of rotatable bonds is 4. The molecule has 21 heavy (non-hydrogen) atoms. The van der Waals surface area contributed by atoms with Crippen LogP contribution in [0.25, 0.3) is 11.1 Å². The largest absolute Gasteiger partial charge is 0.441 e. The predicted molar refractivity (Wildman–Crippen MR) is 82.1 cm³/mol. The number of nitrogens with zero attached hydrogens (tertiary/aromatic N) is 1. The van der Waals surface area contributed by atoms with Crippen LogP contribution in [-0.4, -0.2) is 10.9 Å². The van der Waals surface area contributed by atoms with Gasteiger partial charge < -0.3 is 9.73 Å². The van der Waals surface area contributed by atoms with Crippen molar-refractivity contribution in [2.45, 2.75) is 19.8 Å². The lowest BCUT2D eigenvalue weighted by Crippen LogP contribution is -2.12. The number of nitrogens with one attached hydrogen (secondary N) is 1. The lowest BCUT2D eigenvalue weighted by Gasteiger charge is -2.04. The molecule has 0 saturated carbocycles. The fourth-order valence-corrected chi connectivity index (χ4v) is 2.19. The number of para-hydroxylation sites is 2. The molecule has 0 aliphatic rings. The Balaban J connectivity index is 1.60. The Morgan fingerprint density at radius 2 is 2.05 bits per heavy atom. The molecular weight excluding hydrogens is 264 g/mol. The number of hydrogen-bond acceptors (Lipinski definition) is 3. The van der Waals surface area contributed by atoms with Crippen LogP contribution < -0.4 is 5.32 Å². The zero-order chi connectivity index (χ0) is 14.7. The quantitative estimate of drug-likeness (QED) is 0.792. The maximum Gasteiger partial charge on any atom is 0.224 e. The molecule has 0 bridgehead atoms. The van der Waals surface area contributed by atoms with Crippen molar-refractivity contribution in [3.8, 4) is 0 Å². The van der Waals surface area contributed by atoms with Gasteiger partial charge in [0.2, 0.25) is 5.91 Å². The number of amides is 1. The fraction of sp³-hybridized carbons (Fsp3) is 0.176. The summed E-state index contributed by atoms with van der Waals surface area (Å²) < 4.78 is 5.60. The average molecular weight is 280 g/mol. The van der Waals surface area contributed by atoms with Crippen molar-refractivity contribution in [3.63, 3.8) is 0 Å². The standard InChI is InChI=1S/C17H16N2O2/c1-12-5-4-6-13(11-12)18-16(20)9-10-17-19-14-7-2-3-8-15(14)21-17/h2-8,11H,9-10H2,1H3,(H,18,20). The molecule has 3 rings (SSSR count). The first-order valence-corrected chi connectivity index (χ1v) is 6.92. The SMILES string of the molecule is Cc1cccc(NC(=O)CCc2nc3ccccc3o2)c1. The number of aromatic nitrogens is 1. The second kappa shape index (κ2) is 5.79. The molecular formula is C17H16N2O2. The van der Waals surface area contributed by atoms with Gasteiger partial charge in [0.1, 0.15) is 5.52 Å². The number of anilines is 1. The highest BCUT2D eigenvalue weighted by Gasteiger charge is 2.08. The van der Waals surface area contributed by atoms with Gasteiger partial charge in [-0.2, -0.15) is 0 Å². The average Bonchev–Trinajstić information content (AvgIpc) is 2.88. The predicted octanol–water partition coefficient (Wildman–Crippen LogP) is 3.71. The zero-order valence-electron chi connectivity index (χ0n) is 11.8. The molecule has 1 heterocycles.